The van der Waals surface area contributed by atoms with Crippen molar-refractivity contribution >= 4 is 32.3 Å². The van der Waals surface area contributed by atoms with E-state index in [1.165, 1.54) is 57.1 Å². The number of fused-ring (bicyclic) bond motifs is 6. The minimum atomic E-state index is 0.621. The lowest BCUT2D eigenvalue weighted by molar-refractivity contribution is 0.553. The van der Waals surface area contributed by atoms with Crippen LogP contribution in [0.4, 0.5) is 0 Å². The van der Waals surface area contributed by atoms with E-state index in [4.69, 9.17) is 0 Å². The molecule has 0 amide bonds. The highest BCUT2D eigenvalue weighted by Crippen LogP contribution is 2.39. The van der Waals surface area contributed by atoms with Crippen LogP contribution in [-0.4, -0.2) is 0 Å². The molecule has 1 aliphatic rings. The third-order valence-electron chi connectivity index (χ3n) is 6.79. The highest BCUT2D eigenvalue weighted by atomic mass is 14.3. The van der Waals surface area contributed by atoms with Gasteiger partial charge in [0, 0.05) is 0 Å². The van der Waals surface area contributed by atoms with Crippen molar-refractivity contribution in [2.75, 3.05) is 0 Å². The standard InChI is InChI=1S/C29H24/c1-2-8-23-18-20(12-13-21(23)6-1)19-24-9-5-11-27-26(24)16-17-28-25-10-4-3-7-22(25)14-15-29(27)28/h1-4,6-8,10,12-18,24H,5,9,11,19H2. The molecule has 0 heteroatoms. The zero-order chi connectivity index (χ0) is 19.2. The first kappa shape index (κ1) is 16.8. The van der Waals surface area contributed by atoms with Crippen molar-refractivity contribution < 1.29 is 0 Å². The quantitative estimate of drug-likeness (QED) is 0.277. The van der Waals surface area contributed by atoms with Gasteiger partial charge in [-0.15, -0.1) is 0 Å². The molecule has 0 bridgehead atoms. The van der Waals surface area contributed by atoms with Gasteiger partial charge in [0.25, 0.3) is 0 Å². The summed E-state index contributed by atoms with van der Waals surface area (Å²) < 4.78 is 0. The van der Waals surface area contributed by atoms with Gasteiger partial charge in [-0.25, -0.2) is 0 Å². The first-order chi connectivity index (χ1) is 14.4. The number of benzene rings is 5. The Bertz CT molecular complexity index is 1360. The molecule has 1 unspecified atom stereocenters. The Kier molecular flexibility index (Phi) is 3.90. The van der Waals surface area contributed by atoms with Gasteiger partial charge in [-0.05, 0) is 80.6 Å². The maximum atomic E-state index is 2.43. The van der Waals surface area contributed by atoms with Crippen LogP contribution in [-0.2, 0) is 12.8 Å². The van der Waals surface area contributed by atoms with E-state index in [1.807, 2.05) is 0 Å². The van der Waals surface area contributed by atoms with Gasteiger partial charge in [-0.2, -0.15) is 0 Å². The summed E-state index contributed by atoms with van der Waals surface area (Å²) in [5, 5.41) is 8.27. The van der Waals surface area contributed by atoms with E-state index in [-0.39, 0.29) is 0 Å². The molecule has 0 saturated carbocycles. The zero-order valence-corrected chi connectivity index (χ0v) is 16.6. The first-order valence-electron chi connectivity index (χ1n) is 10.8. The van der Waals surface area contributed by atoms with Gasteiger partial charge in [0.15, 0.2) is 0 Å². The summed E-state index contributed by atoms with van der Waals surface area (Å²) in [6.07, 6.45) is 4.92. The maximum Gasteiger partial charge on any atom is -0.0102 e. The van der Waals surface area contributed by atoms with Crippen molar-refractivity contribution in [2.45, 2.75) is 31.6 Å². The SMILES string of the molecule is c1ccc2cc(CC3CCCc4c3ccc3c4ccc4ccccc43)ccc2c1. The van der Waals surface area contributed by atoms with E-state index >= 15 is 0 Å². The summed E-state index contributed by atoms with van der Waals surface area (Å²) in [5.74, 6) is 0.621. The molecule has 0 aromatic heterocycles. The molecule has 5 aromatic rings. The van der Waals surface area contributed by atoms with E-state index in [1.54, 1.807) is 11.1 Å². The summed E-state index contributed by atoms with van der Waals surface area (Å²) in [6, 6.07) is 33.9. The second-order valence-corrected chi connectivity index (χ2v) is 8.49. The fraction of sp³-hybridized carbons (Fsp3) is 0.172. The maximum absolute atomic E-state index is 2.43. The van der Waals surface area contributed by atoms with E-state index in [0.29, 0.717) is 5.92 Å². The molecule has 5 aromatic carbocycles. The van der Waals surface area contributed by atoms with Gasteiger partial charge in [0.2, 0.25) is 0 Å². The van der Waals surface area contributed by atoms with Crippen LogP contribution in [0.25, 0.3) is 32.3 Å². The monoisotopic (exact) mass is 372 g/mol. The van der Waals surface area contributed by atoms with Gasteiger partial charge >= 0.3 is 0 Å². The highest BCUT2D eigenvalue weighted by Gasteiger charge is 2.22. The molecule has 1 atom stereocenters. The molecule has 0 spiro atoms. The van der Waals surface area contributed by atoms with Gasteiger partial charge in [-0.3, -0.25) is 0 Å². The average molecular weight is 373 g/mol. The zero-order valence-electron chi connectivity index (χ0n) is 16.6. The van der Waals surface area contributed by atoms with Crippen molar-refractivity contribution in [3.05, 3.63) is 108 Å². The second kappa shape index (κ2) is 6.74. The van der Waals surface area contributed by atoms with Crippen LogP contribution < -0.4 is 0 Å². The highest BCUT2D eigenvalue weighted by molar-refractivity contribution is 6.08. The first-order valence-corrected chi connectivity index (χ1v) is 10.8. The summed E-state index contributed by atoms with van der Waals surface area (Å²) in [7, 11) is 0. The molecular formula is C29H24. The van der Waals surface area contributed by atoms with E-state index in [2.05, 4.69) is 91.0 Å². The Morgan fingerprint density at radius 3 is 2.31 bits per heavy atom. The minimum Gasteiger partial charge on any atom is -0.0616 e. The van der Waals surface area contributed by atoms with Gasteiger partial charge in [0.05, 0.1) is 0 Å². The molecule has 0 saturated heterocycles. The molecule has 1 aliphatic carbocycles. The number of rotatable bonds is 2. The summed E-state index contributed by atoms with van der Waals surface area (Å²) >= 11 is 0. The number of hydrogen-bond acceptors (Lipinski definition) is 0. The molecule has 6 rings (SSSR count). The average Bonchev–Trinajstić information content (AvgIpc) is 2.79. The predicted molar refractivity (Wildman–Crippen MR) is 125 cm³/mol. The van der Waals surface area contributed by atoms with Crippen molar-refractivity contribution in [1.29, 1.82) is 0 Å². The molecule has 0 N–H and O–H groups in total. The van der Waals surface area contributed by atoms with Crippen LogP contribution in [0.2, 0.25) is 0 Å². The lowest BCUT2D eigenvalue weighted by Gasteiger charge is -2.27. The van der Waals surface area contributed by atoms with E-state index in [0.717, 1.165) is 6.42 Å². The summed E-state index contributed by atoms with van der Waals surface area (Å²) in [5.41, 5.74) is 4.62. The molecule has 0 heterocycles. The van der Waals surface area contributed by atoms with Crippen molar-refractivity contribution in [1.82, 2.24) is 0 Å². The molecule has 140 valence electrons. The lowest BCUT2D eigenvalue weighted by Crippen LogP contribution is -2.12. The van der Waals surface area contributed by atoms with Crippen molar-refractivity contribution in [3.8, 4) is 0 Å². The largest absolute Gasteiger partial charge is 0.0616 e. The number of hydrogen-bond donors (Lipinski definition) is 0. The van der Waals surface area contributed by atoms with Gasteiger partial charge in [0.1, 0.15) is 0 Å². The van der Waals surface area contributed by atoms with Gasteiger partial charge in [-0.1, -0.05) is 91.0 Å². The topological polar surface area (TPSA) is 0 Å². The number of aryl methyl sites for hydroxylation is 1. The Morgan fingerprint density at radius 1 is 0.621 bits per heavy atom. The van der Waals surface area contributed by atoms with Crippen LogP contribution >= 0.6 is 0 Å². The van der Waals surface area contributed by atoms with E-state index < -0.39 is 0 Å². The fourth-order valence-electron chi connectivity index (χ4n) is 5.37. The van der Waals surface area contributed by atoms with E-state index in [9.17, 15) is 0 Å². The van der Waals surface area contributed by atoms with Crippen LogP contribution in [0.5, 0.6) is 0 Å². The summed E-state index contributed by atoms with van der Waals surface area (Å²) in [6.45, 7) is 0. The van der Waals surface area contributed by atoms with Gasteiger partial charge < -0.3 is 0 Å². The Morgan fingerprint density at radius 2 is 1.38 bits per heavy atom. The third kappa shape index (κ3) is 2.83. The predicted octanol–water partition coefficient (Wildman–Crippen LogP) is 7.81. The normalized spacial score (nSPS) is 16.3. The Hall–Kier alpha value is -3.12. The lowest BCUT2D eigenvalue weighted by atomic mass is 9.77. The summed E-state index contributed by atoms with van der Waals surface area (Å²) in [4.78, 5) is 0. The van der Waals surface area contributed by atoms with Crippen molar-refractivity contribution in [2.24, 2.45) is 0 Å². The Balaban J connectivity index is 1.44. The van der Waals surface area contributed by atoms with Crippen LogP contribution in [0.1, 0.15) is 35.4 Å². The smallest absolute Gasteiger partial charge is 0.0102 e. The van der Waals surface area contributed by atoms with Crippen molar-refractivity contribution in [3.63, 3.8) is 0 Å². The molecule has 0 radical (unpaired) electrons. The molecule has 0 aliphatic heterocycles. The van der Waals surface area contributed by atoms with Crippen LogP contribution in [0, 0.1) is 0 Å². The minimum absolute atomic E-state index is 0.621. The molecular weight excluding hydrogens is 348 g/mol. The van der Waals surface area contributed by atoms with Crippen LogP contribution in [0.3, 0.4) is 0 Å². The molecule has 29 heavy (non-hydrogen) atoms. The molecule has 0 nitrogen and oxygen atoms in total. The second-order valence-electron chi connectivity index (χ2n) is 8.49. The third-order valence-corrected chi connectivity index (χ3v) is 6.79. The fourth-order valence-corrected chi connectivity index (χ4v) is 5.37. The van der Waals surface area contributed by atoms with Crippen LogP contribution in [0.15, 0.2) is 91.0 Å². The molecule has 0 fully saturated rings. The Labute approximate surface area is 171 Å².